The van der Waals surface area contributed by atoms with Gasteiger partial charge in [0.25, 0.3) is 5.91 Å². The molecule has 26 heavy (non-hydrogen) atoms. The van der Waals surface area contributed by atoms with E-state index in [1.165, 1.54) is 17.8 Å². The third-order valence-electron chi connectivity index (χ3n) is 3.32. The molecule has 0 saturated carbocycles. The number of carbonyl (C=O) groups is 1. The van der Waals surface area contributed by atoms with E-state index in [9.17, 15) is 10.1 Å². The highest BCUT2D eigenvalue weighted by molar-refractivity contribution is 7.99. The second-order valence-corrected chi connectivity index (χ2v) is 6.72. The molecule has 1 heterocycles. The average molecular weight is 381 g/mol. The van der Waals surface area contributed by atoms with Gasteiger partial charge in [-0.2, -0.15) is 5.26 Å². The molecule has 0 atom stereocenters. The molecule has 0 fully saturated rings. The predicted molar refractivity (Wildman–Crippen MR) is 103 cm³/mol. The van der Waals surface area contributed by atoms with Gasteiger partial charge in [0.2, 0.25) is 0 Å². The van der Waals surface area contributed by atoms with Crippen molar-refractivity contribution in [2.75, 3.05) is 5.32 Å². The minimum atomic E-state index is -0.484. The first-order valence-corrected chi connectivity index (χ1v) is 8.85. The van der Waals surface area contributed by atoms with Crippen LogP contribution in [0.15, 0.2) is 86.7 Å². The van der Waals surface area contributed by atoms with Crippen LogP contribution in [0.4, 0.5) is 5.69 Å². The zero-order valence-corrected chi connectivity index (χ0v) is 15.1. The minimum absolute atomic E-state index is 0.0359. The molecule has 0 radical (unpaired) electrons. The first-order valence-electron chi connectivity index (χ1n) is 7.65. The number of amides is 1. The van der Waals surface area contributed by atoms with E-state index in [-0.39, 0.29) is 5.57 Å². The Morgan fingerprint density at radius 1 is 1.08 bits per heavy atom. The number of carbonyl (C=O) groups excluding carboxylic acids is 1. The number of anilines is 1. The van der Waals surface area contributed by atoms with Crippen molar-refractivity contribution in [2.24, 2.45) is 0 Å². The molecule has 128 valence electrons. The van der Waals surface area contributed by atoms with Gasteiger partial charge in [-0.15, -0.1) is 0 Å². The normalized spacial score (nSPS) is 11.0. The molecule has 6 heteroatoms. The van der Waals surface area contributed by atoms with Crippen molar-refractivity contribution < 1.29 is 9.21 Å². The maximum atomic E-state index is 12.2. The summed E-state index contributed by atoms with van der Waals surface area (Å²) in [6.45, 7) is 0. The van der Waals surface area contributed by atoms with Gasteiger partial charge in [0.15, 0.2) is 5.09 Å². The summed E-state index contributed by atoms with van der Waals surface area (Å²) in [5, 5.41) is 13.3. The SMILES string of the molecule is N#C/C(=C\c1ccc(Sc2ccc(Cl)cc2)o1)C(=O)Nc1ccccc1. The van der Waals surface area contributed by atoms with Gasteiger partial charge in [-0.3, -0.25) is 4.79 Å². The fourth-order valence-electron chi connectivity index (χ4n) is 2.10. The summed E-state index contributed by atoms with van der Waals surface area (Å²) >= 11 is 7.30. The number of nitrogens with one attached hydrogen (secondary N) is 1. The summed E-state index contributed by atoms with van der Waals surface area (Å²) in [7, 11) is 0. The van der Waals surface area contributed by atoms with Crippen molar-refractivity contribution in [1.82, 2.24) is 0 Å². The van der Waals surface area contributed by atoms with Crippen LogP contribution in [0.1, 0.15) is 5.76 Å². The molecule has 2 aromatic carbocycles. The van der Waals surface area contributed by atoms with Crippen molar-refractivity contribution in [3.63, 3.8) is 0 Å². The molecule has 0 aliphatic rings. The number of nitrogens with zero attached hydrogens (tertiary/aromatic N) is 1. The minimum Gasteiger partial charge on any atom is -0.450 e. The van der Waals surface area contributed by atoms with Crippen molar-refractivity contribution in [3.8, 4) is 6.07 Å². The number of hydrogen-bond donors (Lipinski definition) is 1. The van der Waals surface area contributed by atoms with Crippen LogP contribution < -0.4 is 5.32 Å². The van der Waals surface area contributed by atoms with Crippen molar-refractivity contribution in [3.05, 3.63) is 83.1 Å². The van der Waals surface area contributed by atoms with Gasteiger partial charge in [-0.1, -0.05) is 41.6 Å². The number of halogens is 1. The fraction of sp³-hybridized carbons (Fsp3) is 0. The number of furan rings is 1. The molecule has 4 nitrogen and oxygen atoms in total. The molecular weight excluding hydrogens is 368 g/mol. The van der Waals surface area contributed by atoms with Gasteiger partial charge in [0.1, 0.15) is 17.4 Å². The van der Waals surface area contributed by atoms with Crippen LogP contribution in [-0.4, -0.2) is 5.91 Å². The molecule has 0 bridgehead atoms. The van der Waals surface area contributed by atoms with Gasteiger partial charge < -0.3 is 9.73 Å². The lowest BCUT2D eigenvalue weighted by molar-refractivity contribution is -0.112. The molecule has 0 spiro atoms. The van der Waals surface area contributed by atoms with E-state index in [1.807, 2.05) is 24.3 Å². The molecular formula is C20H13ClN2O2S. The monoisotopic (exact) mass is 380 g/mol. The lowest BCUT2D eigenvalue weighted by Crippen LogP contribution is -2.13. The third-order valence-corrected chi connectivity index (χ3v) is 4.50. The first-order chi connectivity index (χ1) is 12.6. The van der Waals surface area contributed by atoms with E-state index in [1.54, 1.807) is 48.5 Å². The topological polar surface area (TPSA) is 66.0 Å². The van der Waals surface area contributed by atoms with Crippen LogP contribution >= 0.6 is 23.4 Å². The van der Waals surface area contributed by atoms with Gasteiger partial charge in [-0.25, -0.2) is 0 Å². The van der Waals surface area contributed by atoms with E-state index >= 15 is 0 Å². The Kier molecular flexibility index (Phi) is 5.80. The van der Waals surface area contributed by atoms with E-state index in [4.69, 9.17) is 16.0 Å². The summed E-state index contributed by atoms with van der Waals surface area (Å²) in [6.07, 6.45) is 1.42. The number of nitriles is 1. The zero-order chi connectivity index (χ0) is 18.4. The maximum Gasteiger partial charge on any atom is 0.266 e. The second kappa shape index (κ2) is 8.43. The standard InChI is InChI=1S/C20H13ClN2O2S/c21-15-6-9-18(10-7-15)26-19-11-8-17(25-19)12-14(13-22)20(24)23-16-4-2-1-3-5-16/h1-12H,(H,23,24)/b14-12+. The molecule has 1 N–H and O–H groups in total. The lowest BCUT2D eigenvalue weighted by Gasteiger charge is -2.03. The Labute approximate surface area is 160 Å². The van der Waals surface area contributed by atoms with Crippen molar-refractivity contribution in [2.45, 2.75) is 9.99 Å². The van der Waals surface area contributed by atoms with Crippen LogP contribution in [0.25, 0.3) is 6.08 Å². The largest absolute Gasteiger partial charge is 0.450 e. The molecule has 0 saturated heterocycles. The van der Waals surface area contributed by atoms with E-state index in [0.29, 0.717) is 21.6 Å². The molecule has 1 aromatic heterocycles. The average Bonchev–Trinajstić information content (AvgIpc) is 3.09. The molecule has 0 aliphatic carbocycles. The molecule has 3 aromatic rings. The summed E-state index contributed by atoms with van der Waals surface area (Å²) < 4.78 is 5.67. The molecule has 1 amide bonds. The summed E-state index contributed by atoms with van der Waals surface area (Å²) in [5.41, 5.74) is 0.586. The van der Waals surface area contributed by atoms with E-state index in [2.05, 4.69) is 5.32 Å². The highest BCUT2D eigenvalue weighted by Crippen LogP contribution is 2.30. The van der Waals surface area contributed by atoms with Gasteiger partial charge in [-0.05, 0) is 48.5 Å². The fourth-order valence-corrected chi connectivity index (χ4v) is 3.00. The Morgan fingerprint density at radius 2 is 1.81 bits per heavy atom. The predicted octanol–water partition coefficient (Wildman–Crippen LogP) is 5.63. The Hall–Kier alpha value is -2.94. The number of benzene rings is 2. The number of hydrogen-bond acceptors (Lipinski definition) is 4. The quantitative estimate of drug-likeness (QED) is 0.460. The smallest absolute Gasteiger partial charge is 0.266 e. The molecule has 3 rings (SSSR count). The van der Waals surface area contributed by atoms with Crippen LogP contribution in [-0.2, 0) is 4.79 Å². The zero-order valence-electron chi connectivity index (χ0n) is 13.5. The van der Waals surface area contributed by atoms with Crippen LogP contribution in [0.5, 0.6) is 0 Å². The Bertz CT molecular complexity index is 973. The first kappa shape index (κ1) is 17.9. The van der Waals surface area contributed by atoms with Gasteiger partial charge in [0, 0.05) is 21.7 Å². The highest BCUT2D eigenvalue weighted by Gasteiger charge is 2.11. The molecule has 0 unspecified atom stereocenters. The summed E-state index contributed by atoms with van der Waals surface area (Å²) in [5.74, 6) is -0.0526. The second-order valence-electron chi connectivity index (χ2n) is 5.20. The Morgan fingerprint density at radius 3 is 2.50 bits per heavy atom. The lowest BCUT2D eigenvalue weighted by atomic mass is 10.2. The van der Waals surface area contributed by atoms with E-state index in [0.717, 1.165) is 4.90 Å². The summed E-state index contributed by atoms with van der Waals surface area (Å²) in [4.78, 5) is 13.2. The highest BCUT2D eigenvalue weighted by atomic mass is 35.5. The maximum absolute atomic E-state index is 12.2. The van der Waals surface area contributed by atoms with E-state index < -0.39 is 5.91 Å². The summed E-state index contributed by atoms with van der Waals surface area (Å²) in [6, 6.07) is 21.7. The third kappa shape index (κ3) is 4.79. The van der Waals surface area contributed by atoms with Crippen molar-refractivity contribution >= 4 is 41.0 Å². The van der Waals surface area contributed by atoms with Gasteiger partial charge in [0.05, 0.1) is 0 Å². The van der Waals surface area contributed by atoms with Crippen LogP contribution in [0.2, 0.25) is 5.02 Å². The van der Waals surface area contributed by atoms with Crippen LogP contribution in [0.3, 0.4) is 0 Å². The Balaban J connectivity index is 1.71. The van der Waals surface area contributed by atoms with Gasteiger partial charge >= 0.3 is 0 Å². The number of para-hydroxylation sites is 1. The number of rotatable bonds is 5. The van der Waals surface area contributed by atoms with Crippen molar-refractivity contribution in [1.29, 1.82) is 5.26 Å². The van der Waals surface area contributed by atoms with Crippen LogP contribution in [0, 0.1) is 11.3 Å². The molecule has 0 aliphatic heterocycles.